The Morgan fingerprint density at radius 2 is 2.00 bits per heavy atom. The number of ether oxygens (including phenoxy) is 1. The molecule has 2 unspecified atom stereocenters. The van der Waals surface area contributed by atoms with E-state index in [0.29, 0.717) is 6.42 Å². The lowest BCUT2D eigenvalue weighted by Crippen LogP contribution is -2.44. The standard InChI is InChI=1S/C17H23NO5S/c1-12-6-4-5-7-14(12)10-16(19)23-13(2)17(20)18(3)15-8-9-24(21,22)11-15/h4-7,13,15H,8-11H2,1-3H3. The molecule has 0 N–H and O–H groups in total. The summed E-state index contributed by atoms with van der Waals surface area (Å²) in [7, 11) is -1.51. The van der Waals surface area contributed by atoms with Crippen molar-refractivity contribution in [2.75, 3.05) is 18.6 Å². The van der Waals surface area contributed by atoms with Gasteiger partial charge in [0.25, 0.3) is 5.91 Å². The quantitative estimate of drug-likeness (QED) is 0.741. The maximum atomic E-state index is 12.3. The summed E-state index contributed by atoms with van der Waals surface area (Å²) < 4.78 is 28.3. The van der Waals surface area contributed by atoms with Gasteiger partial charge in [-0.2, -0.15) is 0 Å². The maximum Gasteiger partial charge on any atom is 0.311 e. The fraction of sp³-hybridized carbons (Fsp3) is 0.529. The minimum atomic E-state index is -3.07. The third-order valence-corrected chi connectivity index (χ3v) is 6.11. The van der Waals surface area contributed by atoms with Crippen LogP contribution in [0.15, 0.2) is 24.3 Å². The summed E-state index contributed by atoms with van der Waals surface area (Å²) >= 11 is 0. The SMILES string of the molecule is Cc1ccccc1CC(=O)OC(C)C(=O)N(C)C1CCS(=O)(=O)C1. The molecule has 1 saturated heterocycles. The van der Waals surface area contributed by atoms with E-state index < -0.39 is 21.9 Å². The van der Waals surface area contributed by atoms with Gasteiger partial charge in [-0.1, -0.05) is 24.3 Å². The van der Waals surface area contributed by atoms with Gasteiger partial charge in [0.1, 0.15) is 0 Å². The molecule has 0 spiro atoms. The molecule has 0 bridgehead atoms. The summed E-state index contributed by atoms with van der Waals surface area (Å²) in [6, 6.07) is 7.14. The second-order valence-electron chi connectivity index (χ2n) is 6.24. The van der Waals surface area contributed by atoms with Crippen LogP contribution in [0.5, 0.6) is 0 Å². The van der Waals surface area contributed by atoms with Gasteiger partial charge in [-0.15, -0.1) is 0 Å². The Bertz CT molecular complexity index is 728. The molecule has 1 aromatic carbocycles. The van der Waals surface area contributed by atoms with E-state index in [2.05, 4.69) is 0 Å². The molecule has 0 radical (unpaired) electrons. The van der Waals surface area contributed by atoms with Gasteiger partial charge >= 0.3 is 5.97 Å². The van der Waals surface area contributed by atoms with E-state index >= 15 is 0 Å². The molecule has 0 aromatic heterocycles. The number of esters is 1. The number of benzene rings is 1. The molecule has 1 amide bonds. The molecular weight excluding hydrogens is 330 g/mol. The first-order valence-electron chi connectivity index (χ1n) is 7.90. The average Bonchev–Trinajstić information content (AvgIpc) is 2.88. The van der Waals surface area contributed by atoms with Crippen LogP contribution in [0.4, 0.5) is 0 Å². The van der Waals surface area contributed by atoms with E-state index in [1.165, 1.54) is 11.8 Å². The van der Waals surface area contributed by atoms with Crippen molar-refractivity contribution in [1.82, 2.24) is 4.90 Å². The number of aryl methyl sites for hydroxylation is 1. The van der Waals surface area contributed by atoms with E-state index in [4.69, 9.17) is 4.74 Å². The van der Waals surface area contributed by atoms with Crippen molar-refractivity contribution in [3.8, 4) is 0 Å². The summed E-state index contributed by atoms with van der Waals surface area (Å²) in [6.45, 7) is 3.42. The van der Waals surface area contributed by atoms with Gasteiger partial charge in [0, 0.05) is 13.1 Å². The fourth-order valence-electron chi connectivity index (χ4n) is 2.80. The van der Waals surface area contributed by atoms with Crippen molar-refractivity contribution in [3.63, 3.8) is 0 Å². The fourth-order valence-corrected chi connectivity index (χ4v) is 4.58. The largest absolute Gasteiger partial charge is 0.452 e. The number of carbonyl (C=O) groups excluding carboxylic acids is 2. The van der Waals surface area contributed by atoms with Gasteiger partial charge in [0.15, 0.2) is 15.9 Å². The number of likely N-dealkylation sites (N-methyl/N-ethyl adjacent to an activating group) is 1. The first-order chi connectivity index (χ1) is 11.2. The second-order valence-corrected chi connectivity index (χ2v) is 8.47. The summed E-state index contributed by atoms with van der Waals surface area (Å²) in [6.07, 6.45) is -0.407. The normalized spacial score (nSPS) is 20.4. The lowest BCUT2D eigenvalue weighted by atomic mass is 10.1. The predicted octanol–water partition coefficient (Wildman–Crippen LogP) is 1.11. The highest BCUT2D eigenvalue weighted by atomic mass is 32.2. The first-order valence-corrected chi connectivity index (χ1v) is 9.73. The van der Waals surface area contributed by atoms with E-state index in [9.17, 15) is 18.0 Å². The van der Waals surface area contributed by atoms with Gasteiger partial charge in [-0.05, 0) is 31.4 Å². The Labute approximate surface area is 142 Å². The molecule has 1 fully saturated rings. The predicted molar refractivity (Wildman–Crippen MR) is 90.3 cm³/mol. The lowest BCUT2D eigenvalue weighted by molar-refractivity contribution is -0.158. The van der Waals surface area contributed by atoms with E-state index in [0.717, 1.165) is 11.1 Å². The molecule has 2 atom stereocenters. The third-order valence-electron chi connectivity index (χ3n) is 4.36. The lowest BCUT2D eigenvalue weighted by Gasteiger charge is -2.26. The van der Waals surface area contributed by atoms with Crippen molar-refractivity contribution in [3.05, 3.63) is 35.4 Å². The Morgan fingerprint density at radius 1 is 1.33 bits per heavy atom. The highest BCUT2D eigenvalue weighted by molar-refractivity contribution is 7.91. The minimum Gasteiger partial charge on any atom is -0.452 e. The summed E-state index contributed by atoms with van der Waals surface area (Å²) in [5.74, 6) is -0.789. The maximum absolute atomic E-state index is 12.3. The van der Waals surface area contributed by atoms with Crippen LogP contribution in [0, 0.1) is 6.92 Å². The molecule has 132 valence electrons. The number of nitrogens with zero attached hydrogens (tertiary/aromatic N) is 1. The number of rotatable bonds is 5. The van der Waals surface area contributed by atoms with Gasteiger partial charge < -0.3 is 9.64 Å². The molecule has 6 nitrogen and oxygen atoms in total. The van der Waals surface area contributed by atoms with Gasteiger partial charge in [-0.25, -0.2) is 8.42 Å². The van der Waals surface area contributed by atoms with Crippen LogP contribution >= 0.6 is 0 Å². The van der Waals surface area contributed by atoms with Crippen LogP contribution < -0.4 is 0 Å². The molecule has 1 aliphatic heterocycles. The molecular formula is C17H23NO5S. The Kier molecular flexibility index (Phi) is 5.64. The van der Waals surface area contributed by atoms with E-state index in [1.807, 2.05) is 31.2 Å². The molecule has 1 heterocycles. The van der Waals surface area contributed by atoms with Crippen LogP contribution in [0.1, 0.15) is 24.5 Å². The summed E-state index contributed by atoms with van der Waals surface area (Å²) in [5, 5.41) is 0. The number of carbonyl (C=O) groups is 2. The molecule has 2 rings (SSSR count). The number of hydrogen-bond donors (Lipinski definition) is 0. The zero-order chi connectivity index (χ0) is 17.9. The van der Waals surface area contributed by atoms with Crippen molar-refractivity contribution in [2.45, 2.75) is 38.8 Å². The first kappa shape index (κ1) is 18.4. The average molecular weight is 353 g/mol. The monoisotopic (exact) mass is 353 g/mol. The topological polar surface area (TPSA) is 80.8 Å². The van der Waals surface area contributed by atoms with Crippen LogP contribution in [0.3, 0.4) is 0 Å². The van der Waals surface area contributed by atoms with E-state index in [-0.39, 0.29) is 29.9 Å². The van der Waals surface area contributed by atoms with Crippen molar-refractivity contribution < 1.29 is 22.7 Å². The van der Waals surface area contributed by atoms with Crippen LogP contribution in [-0.2, 0) is 30.6 Å². The van der Waals surface area contributed by atoms with Crippen molar-refractivity contribution in [2.24, 2.45) is 0 Å². The molecule has 1 aliphatic rings. The molecule has 0 aliphatic carbocycles. The smallest absolute Gasteiger partial charge is 0.311 e. The Hall–Kier alpha value is -1.89. The summed E-state index contributed by atoms with van der Waals surface area (Å²) in [5.41, 5.74) is 1.85. The van der Waals surface area contributed by atoms with Crippen LogP contribution in [-0.4, -0.2) is 55.9 Å². The van der Waals surface area contributed by atoms with Crippen LogP contribution in [0.25, 0.3) is 0 Å². The van der Waals surface area contributed by atoms with E-state index in [1.54, 1.807) is 7.05 Å². The molecule has 1 aromatic rings. The molecule has 0 saturated carbocycles. The van der Waals surface area contributed by atoms with Gasteiger partial charge in [0.2, 0.25) is 0 Å². The van der Waals surface area contributed by atoms with Gasteiger partial charge in [-0.3, -0.25) is 9.59 Å². The number of amides is 1. The van der Waals surface area contributed by atoms with Gasteiger partial charge in [0.05, 0.1) is 17.9 Å². The highest BCUT2D eigenvalue weighted by Crippen LogP contribution is 2.18. The minimum absolute atomic E-state index is 0.0287. The Balaban J connectivity index is 1.91. The molecule has 24 heavy (non-hydrogen) atoms. The zero-order valence-electron chi connectivity index (χ0n) is 14.2. The highest BCUT2D eigenvalue weighted by Gasteiger charge is 2.34. The Morgan fingerprint density at radius 3 is 2.58 bits per heavy atom. The van der Waals surface area contributed by atoms with Crippen molar-refractivity contribution >= 4 is 21.7 Å². The number of hydrogen-bond acceptors (Lipinski definition) is 5. The zero-order valence-corrected chi connectivity index (χ0v) is 15.0. The molecule has 7 heteroatoms. The van der Waals surface area contributed by atoms with Crippen molar-refractivity contribution in [1.29, 1.82) is 0 Å². The number of sulfone groups is 1. The third kappa shape index (κ3) is 4.56. The van der Waals surface area contributed by atoms with Crippen LogP contribution in [0.2, 0.25) is 0 Å². The second kappa shape index (κ2) is 7.34. The summed E-state index contributed by atoms with van der Waals surface area (Å²) in [4.78, 5) is 25.8.